The summed E-state index contributed by atoms with van der Waals surface area (Å²) < 4.78 is 48.4. The lowest BCUT2D eigenvalue weighted by molar-refractivity contribution is -0.150. The largest absolute Gasteiger partial charge is 0.514 e. The summed E-state index contributed by atoms with van der Waals surface area (Å²) in [6.07, 6.45) is 2.55. The lowest BCUT2D eigenvalue weighted by atomic mass is 9.73. The number of phenolic OH excluding ortho intramolecular Hbond substituents is 1. The van der Waals surface area contributed by atoms with E-state index < -0.39 is 29.8 Å². The highest BCUT2D eigenvalue weighted by atomic mass is 32.2. The summed E-state index contributed by atoms with van der Waals surface area (Å²) in [7, 11) is 5.21. The second kappa shape index (κ2) is 18.5. The Morgan fingerprint density at radius 1 is 0.938 bits per heavy atom. The van der Waals surface area contributed by atoms with Crippen LogP contribution in [0.4, 0.5) is 4.79 Å². The van der Waals surface area contributed by atoms with Crippen LogP contribution in [0.2, 0.25) is 0 Å². The van der Waals surface area contributed by atoms with Gasteiger partial charge in [-0.3, -0.25) is 9.80 Å². The average molecular weight is 912 g/mol. The zero-order chi connectivity index (χ0) is 46.5. The van der Waals surface area contributed by atoms with Crippen LogP contribution in [0.3, 0.4) is 0 Å². The molecule has 5 aliphatic heterocycles. The van der Waals surface area contributed by atoms with Crippen LogP contribution >= 0.6 is 11.8 Å². The zero-order valence-corrected chi connectivity index (χ0v) is 40.0. The van der Waals surface area contributed by atoms with Crippen LogP contribution in [-0.2, 0) is 27.1 Å². The van der Waals surface area contributed by atoms with Gasteiger partial charge in [-0.2, -0.15) is 11.8 Å². The number of piperazine rings is 1. The van der Waals surface area contributed by atoms with Crippen molar-refractivity contribution in [1.82, 2.24) is 15.1 Å². The number of esters is 1. The standard InChI is InChI=1S/C48H55N3O11S.C2H6/c1-24-17-27-18-28-21-51-31(22-57-46(53)37-30-20-32(55-7)33(19-26(30)15-16-49-37)61-47(54)62-48(3,4)5)35-36(45(63-9)39(51)38(50(28)6)34(27)40(52)41(24)56-8)42(60-29-13-11-10-12-14-29)25(2)43-44(35)59-23-58-43;1-2/h10-14,17,19-20,28,31,37-39,45,49,52H,15-16,18,21-23H2,1-9H3;1-2H3. The zero-order valence-electron chi connectivity index (χ0n) is 39.2. The van der Waals surface area contributed by atoms with Gasteiger partial charge in [0.2, 0.25) is 6.79 Å². The number of carbonyl (C=O) groups excluding carboxylic acids is 2. The molecule has 0 amide bonds. The molecule has 14 nitrogen and oxygen atoms in total. The fourth-order valence-electron chi connectivity index (χ4n) is 10.3. The fraction of sp³-hybridized carbons (Fsp3) is 0.480. The maximum Gasteiger partial charge on any atom is 0.514 e. The molecule has 5 aliphatic rings. The Bertz CT molecular complexity index is 2460. The Morgan fingerprint density at radius 3 is 2.37 bits per heavy atom. The van der Waals surface area contributed by atoms with Crippen LogP contribution in [-0.4, -0.2) is 98.7 Å². The number of thioether (sulfide) groups is 1. The van der Waals surface area contributed by atoms with Crippen molar-refractivity contribution in [1.29, 1.82) is 0 Å². The smallest absolute Gasteiger partial charge is 0.504 e. The molecule has 2 bridgehead atoms. The number of methoxy groups -OCH3 is 2. The molecule has 1 fully saturated rings. The molecule has 0 aromatic heterocycles. The molecule has 6 atom stereocenters. The minimum absolute atomic E-state index is 0.0171. The number of fused-ring (bicyclic) bond motifs is 10. The third kappa shape index (κ3) is 8.29. The number of para-hydroxylation sites is 1. The quantitative estimate of drug-likeness (QED) is 0.122. The number of ether oxygens (including phenoxy) is 8. The van der Waals surface area contributed by atoms with Crippen molar-refractivity contribution >= 4 is 23.9 Å². The van der Waals surface area contributed by atoms with Gasteiger partial charge in [-0.1, -0.05) is 38.1 Å². The van der Waals surface area contributed by atoms with E-state index in [1.54, 1.807) is 51.8 Å². The van der Waals surface area contributed by atoms with E-state index in [9.17, 15) is 14.7 Å². The van der Waals surface area contributed by atoms with Crippen LogP contribution < -0.4 is 33.7 Å². The third-order valence-electron chi connectivity index (χ3n) is 13.0. The molecule has 65 heavy (non-hydrogen) atoms. The molecular formula is C50H61N3O11S. The normalized spacial score (nSPS) is 22.8. The maximum atomic E-state index is 14.6. The number of aryl methyl sites for hydroxylation is 1. The van der Waals surface area contributed by atoms with Crippen LogP contribution in [0.25, 0.3) is 0 Å². The first kappa shape index (κ1) is 46.2. The Labute approximate surface area is 385 Å². The van der Waals surface area contributed by atoms with Crippen molar-refractivity contribution in [2.24, 2.45) is 0 Å². The molecule has 0 aliphatic carbocycles. The monoisotopic (exact) mass is 911 g/mol. The summed E-state index contributed by atoms with van der Waals surface area (Å²) in [4.78, 5) is 32.1. The first-order valence-corrected chi connectivity index (χ1v) is 23.6. The SMILES string of the molecule is CC.COc1cc2c(cc1OC(=O)OC(C)(C)C)CCNC2C(=O)OCC1c2c3c(c(C)c(Oc4ccccc4)c2C(SC)C2C4c5c(cc(C)c(OC)c5O)CC(CN12)N4C)OCO3. The maximum absolute atomic E-state index is 14.6. The van der Waals surface area contributed by atoms with Gasteiger partial charge < -0.3 is 48.3 Å². The second-order valence-corrected chi connectivity index (χ2v) is 18.8. The van der Waals surface area contributed by atoms with Gasteiger partial charge in [0.25, 0.3) is 0 Å². The van der Waals surface area contributed by atoms with Crippen LogP contribution in [0.15, 0.2) is 48.5 Å². The predicted octanol–water partition coefficient (Wildman–Crippen LogP) is 9.06. The Kier molecular flexibility index (Phi) is 13.1. The highest BCUT2D eigenvalue weighted by Crippen LogP contribution is 2.63. The summed E-state index contributed by atoms with van der Waals surface area (Å²) in [5, 5.41) is 15.2. The van der Waals surface area contributed by atoms with E-state index in [1.807, 2.05) is 58.0 Å². The second-order valence-electron chi connectivity index (χ2n) is 17.8. The number of carbonyl (C=O) groups is 2. The van der Waals surface area contributed by atoms with E-state index in [0.717, 1.165) is 38.9 Å². The number of likely N-dealkylation sites (N-methyl/N-ethyl adjacent to an activating group) is 1. The van der Waals surface area contributed by atoms with E-state index in [2.05, 4.69) is 34.5 Å². The first-order valence-electron chi connectivity index (χ1n) is 22.3. The molecule has 4 aromatic carbocycles. The van der Waals surface area contributed by atoms with E-state index in [1.165, 1.54) is 7.11 Å². The molecule has 2 N–H and O–H groups in total. The van der Waals surface area contributed by atoms with Gasteiger partial charge in [0.1, 0.15) is 29.7 Å². The van der Waals surface area contributed by atoms with E-state index in [-0.39, 0.29) is 54.0 Å². The summed E-state index contributed by atoms with van der Waals surface area (Å²) >= 11 is 1.72. The first-order chi connectivity index (χ1) is 31.2. The van der Waals surface area contributed by atoms with Crippen LogP contribution in [0.1, 0.15) is 103 Å². The Morgan fingerprint density at radius 2 is 1.68 bits per heavy atom. The number of hydrogen-bond acceptors (Lipinski definition) is 15. The van der Waals surface area contributed by atoms with Gasteiger partial charge in [0, 0.05) is 47.4 Å². The highest BCUT2D eigenvalue weighted by molar-refractivity contribution is 7.98. The Hall–Kier alpha value is -5.35. The molecule has 15 heteroatoms. The van der Waals surface area contributed by atoms with Gasteiger partial charge >= 0.3 is 12.1 Å². The van der Waals surface area contributed by atoms with Gasteiger partial charge in [-0.05, 0) is 107 Å². The van der Waals surface area contributed by atoms with Crippen molar-refractivity contribution in [2.45, 2.75) is 102 Å². The number of nitrogens with zero attached hydrogens (tertiary/aromatic N) is 2. The third-order valence-corrected chi connectivity index (χ3v) is 14.0. The van der Waals surface area contributed by atoms with E-state index >= 15 is 0 Å². The highest BCUT2D eigenvalue weighted by Gasteiger charge is 2.56. The van der Waals surface area contributed by atoms with E-state index in [0.29, 0.717) is 60.2 Å². The molecule has 1 saturated heterocycles. The molecule has 4 aromatic rings. The predicted molar refractivity (Wildman–Crippen MR) is 247 cm³/mol. The summed E-state index contributed by atoms with van der Waals surface area (Å²) in [6.45, 7) is 14.4. The van der Waals surface area contributed by atoms with Gasteiger partial charge in [0.05, 0.1) is 31.6 Å². The van der Waals surface area contributed by atoms with Crippen molar-refractivity contribution in [2.75, 3.05) is 54.0 Å². The number of phenols is 1. The molecule has 348 valence electrons. The minimum Gasteiger partial charge on any atom is -0.504 e. The summed E-state index contributed by atoms with van der Waals surface area (Å²) in [6, 6.07) is 13.6. The van der Waals surface area contributed by atoms with Gasteiger partial charge in [0.15, 0.2) is 34.5 Å². The topological polar surface area (TPSA) is 147 Å². The number of hydrogen-bond donors (Lipinski definition) is 2. The lowest BCUT2D eigenvalue weighted by Crippen LogP contribution is -2.64. The van der Waals surface area contributed by atoms with Crippen LogP contribution in [0.5, 0.6) is 46.0 Å². The fourth-order valence-corrected chi connectivity index (χ4v) is 11.4. The van der Waals surface area contributed by atoms with Crippen molar-refractivity contribution < 1.29 is 52.6 Å². The number of aromatic hydroxyl groups is 1. The molecular weight excluding hydrogens is 851 g/mol. The molecule has 0 radical (unpaired) electrons. The van der Waals surface area contributed by atoms with Gasteiger partial charge in [-0.15, -0.1) is 0 Å². The molecule has 5 heterocycles. The lowest BCUT2D eigenvalue weighted by Gasteiger charge is -2.59. The average Bonchev–Trinajstić information content (AvgIpc) is 3.77. The molecule has 0 spiro atoms. The van der Waals surface area contributed by atoms with Crippen molar-refractivity contribution in [3.05, 3.63) is 93.0 Å². The summed E-state index contributed by atoms with van der Waals surface area (Å²) in [5.74, 6) is 3.19. The number of nitrogens with one attached hydrogen (secondary N) is 1. The molecule has 9 rings (SSSR count). The summed E-state index contributed by atoms with van der Waals surface area (Å²) in [5.41, 5.74) is 6.19. The van der Waals surface area contributed by atoms with Crippen LogP contribution in [0, 0.1) is 13.8 Å². The molecule has 0 saturated carbocycles. The number of benzene rings is 4. The minimum atomic E-state index is -0.852. The molecule has 6 unspecified atom stereocenters. The number of rotatable bonds is 9. The van der Waals surface area contributed by atoms with Crippen molar-refractivity contribution in [3.8, 4) is 46.0 Å². The van der Waals surface area contributed by atoms with Crippen molar-refractivity contribution in [3.63, 3.8) is 0 Å². The van der Waals surface area contributed by atoms with E-state index in [4.69, 9.17) is 37.9 Å². The Balaban J connectivity index is 0.00000284. The van der Waals surface area contributed by atoms with Gasteiger partial charge in [-0.25, -0.2) is 9.59 Å².